The molecule has 1 aromatic carbocycles. The average Bonchev–Trinajstić information content (AvgIpc) is 2.65. The summed E-state index contributed by atoms with van der Waals surface area (Å²) < 4.78 is 10.9. The van der Waals surface area contributed by atoms with Gasteiger partial charge >= 0.3 is 5.97 Å². The maximum Gasteiger partial charge on any atom is 0.342 e. The first-order valence-corrected chi connectivity index (χ1v) is 10.1. The number of rotatable bonds is 6. The topological polar surface area (TPSA) is 93.1 Å². The van der Waals surface area contributed by atoms with Crippen LogP contribution in [0.25, 0.3) is 0 Å². The number of aldehydes is 1. The van der Waals surface area contributed by atoms with Gasteiger partial charge in [0.1, 0.15) is 29.5 Å². The lowest BCUT2D eigenvalue weighted by atomic mass is 9.45. The van der Waals surface area contributed by atoms with E-state index >= 15 is 0 Å². The minimum atomic E-state index is -1.03. The molecule has 1 saturated carbocycles. The van der Waals surface area contributed by atoms with Crippen molar-refractivity contribution in [3.05, 3.63) is 34.9 Å². The van der Waals surface area contributed by atoms with Crippen LogP contribution >= 0.6 is 0 Å². The molecule has 2 aliphatic carbocycles. The summed E-state index contributed by atoms with van der Waals surface area (Å²) >= 11 is 0. The van der Waals surface area contributed by atoms with Gasteiger partial charge in [0.15, 0.2) is 0 Å². The zero-order valence-corrected chi connectivity index (χ0v) is 17.7. The highest BCUT2D eigenvalue weighted by Crippen LogP contribution is 2.62. The van der Waals surface area contributed by atoms with Crippen molar-refractivity contribution >= 4 is 12.3 Å². The molecule has 0 bridgehead atoms. The lowest BCUT2D eigenvalue weighted by Crippen LogP contribution is -2.63. The zero-order chi connectivity index (χ0) is 21.6. The number of esters is 1. The molecule has 1 aromatic rings. The molecule has 6 nitrogen and oxygen atoms in total. The van der Waals surface area contributed by atoms with Crippen LogP contribution in [0.15, 0.2) is 23.8 Å². The molecule has 0 unspecified atom stereocenters. The highest BCUT2D eigenvalue weighted by molar-refractivity contribution is 5.94. The Kier molecular flexibility index (Phi) is 5.52. The van der Waals surface area contributed by atoms with Crippen LogP contribution in [0.5, 0.6) is 11.5 Å². The summed E-state index contributed by atoms with van der Waals surface area (Å²) in [5.74, 6) is -0.656. The number of aromatic hydroxyl groups is 1. The minimum absolute atomic E-state index is 0.0280. The first kappa shape index (κ1) is 21.4. The van der Waals surface area contributed by atoms with Crippen molar-refractivity contribution in [3.8, 4) is 11.5 Å². The van der Waals surface area contributed by atoms with Crippen molar-refractivity contribution < 1.29 is 29.3 Å². The van der Waals surface area contributed by atoms with Gasteiger partial charge in [-0.15, -0.1) is 0 Å². The van der Waals surface area contributed by atoms with Gasteiger partial charge in [-0.2, -0.15) is 0 Å². The van der Waals surface area contributed by atoms with Crippen LogP contribution in [0.2, 0.25) is 0 Å². The second-order valence-electron chi connectivity index (χ2n) is 8.54. The predicted molar refractivity (Wildman–Crippen MR) is 108 cm³/mol. The number of aryl methyl sites for hydroxylation is 1. The van der Waals surface area contributed by atoms with E-state index in [9.17, 15) is 19.8 Å². The molecule has 0 aromatic heterocycles. The molecule has 29 heavy (non-hydrogen) atoms. The summed E-state index contributed by atoms with van der Waals surface area (Å²) in [7, 11) is 1.49. The number of hydrogen-bond donors (Lipinski definition) is 2. The summed E-state index contributed by atoms with van der Waals surface area (Å²) in [6.45, 7) is 7.71. The van der Waals surface area contributed by atoms with Gasteiger partial charge in [-0.05, 0) is 60.8 Å². The molecule has 1 fully saturated rings. The van der Waals surface area contributed by atoms with Crippen molar-refractivity contribution in [3.63, 3.8) is 0 Å². The van der Waals surface area contributed by atoms with Gasteiger partial charge in [-0.3, -0.25) is 4.79 Å². The van der Waals surface area contributed by atoms with E-state index in [0.717, 1.165) is 12.7 Å². The van der Waals surface area contributed by atoms with E-state index < -0.39 is 17.7 Å². The Bertz CT molecular complexity index is 836. The normalized spacial score (nSPS) is 33.2. The van der Waals surface area contributed by atoms with Crippen LogP contribution < -0.4 is 4.74 Å². The van der Waals surface area contributed by atoms with E-state index in [-0.39, 0.29) is 28.6 Å². The second-order valence-corrected chi connectivity index (χ2v) is 8.54. The summed E-state index contributed by atoms with van der Waals surface area (Å²) in [6, 6.07) is 3.04. The van der Waals surface area contributed by atoms with Gasteiger partial charge in [0.05, 0.1) is 12.7 Å². The summed E-state index contributed by atoms with van der Waals surface area (Å²) in [5.41, 5.74) is -0.219. The number of phenolic OH excluding ortho intramolecular Hbond substituents is 1. The number of carbonyl (C=O) groups is 2. The van der Waals surface area contributed by atoms with Crippen LogP contribution in [0.3, 0.4) is 0 Å². The molecule has 6 heteroatoms. The molecule has 0 radical (unpaired) electrons. The zero-order valence-electron chi connectivity index (χ0n) is 17.7. The molecule has 0 saturated heterocycles. The fraction of sp³-hybridized carbons (Fsp3) is 0.565. The van der Waals surface area contributed by atoms with E-state index in [1.807, 2.05) is 13.8 Å². The van der Waals surface area contributed by atoms with E-state index in [1.165, 1.54) is 13.2 Å². The summed E-state index contributed by atoms with van der Waals surface area (Å²) in [6.07, 6.45) is 3.81. The van der Waals surface area contributed by atoms with Crippen molar-refractivity contribution in [1.29, 1.82) is 0 Å². The first-order valence-electron chi connectivity index (χ1n) is 10.1. The number of ether oxygens (including phenoxy) is 2. The summed E-state index contributed by atoms with van der Waals surface area (Å²) in [5, 5.41) is 21.4. The Morgan fingerprint density at radius 3 is 2.55 bits per heavy atom. The molecule has 5 atom stereocenters. The molecule has 2 aliphatic rings. The number of benzene rings is 1. The van der Waals surface area contributed by atoms with Crippen molar-refractivity contribution in [2.75, 3.05) is 7.11 Å². The van der Waals surface area contributed by atoms with Gasteiger partial charge in [-0.25, -0.2) is 4.79 Å². The lowest BCUT2D eigenvalue weighted by Gasteiger charge is -2.62. The van der Waals surface area contributed by atoms with Crippen LogP contribution in [0, 0.1) is 24.2 Å². The largest absolute Gasteiger partial charge is 0.507 e. The number of aliphatic hydroxyl groups is 1. The Balaban J connectivity index is 1.89. The molecular weight excluding hydrogens is 372 g/mol. The van der Waals surface area contributed by atoms with Gasteiger partial charge in [0.25, 0.3) is 0 Å². The smallest absolute Gasteiger partial charge is 0.342 e. The fourth-order valence-corrected chi connectivity index (χ4v) is 5.65. The Morgan fingerprint density at radius 2 is 2.03 bits per heavy atom. The average molecular weight is 402 g/mol. The van der Waals surface area contributed by atoms with Gasteiger partial charge in [-0.1, -0.05) is 20.8 Å². The van der Waals surface area contributed by atoms with Gasteiger partial charge < -0.3 is 19.7 Å². The van der Waals surface area contributed by atoms with Crippen LogP contribution in [0.4, 0.5) is 0 Å². The molecule has 0 spiro atoms. The highest BCUT2D eigenvalue weighted by atomic mass is 16.5. The molecule has 0 amide bonds. The third-order valence-electron chi connectivity index (χ3n) is 7.00. The van der Waals surface area contributed by atoms with Crippen LogP contribution in [-0.2, 0) is 9.53 Å². The Hall–Kier alpha value is -2.34. The first-order chi connectivity index (χ1) is 13.6. The lowest BCUT2D eigenvalue weighted by molar-refractivity contribution is -0.173. The van der Waals surface area contributed by atoms with E-state index in [2.05, 4.69) is 6.92 Å². The van der Waals surface area contributed by atoms with Gasteiger partial charge in [0, 0.05) is 12.0 Å². The minimum Gasteiger partial charge on any atom is -0.507 e. The Morgan fingerprint density at radius 1 is 1.34 bits per heavy atom. The standard InChI is InChI=1S/C23H30O6/c1-6-18-22(4)11-17(20(22)14(12-24)10-23(18,27)7-2)29-21(26)19-13(3)8-15(28-5)9-16(19)25/h8-10,12,17-18,20,25,27H,6-7,11H2,1-5H3/t17-,18-,20-,22+,23-/m1/s1. The number of fused-ring (bicyclic) bond motifs is 1. The van der Waals surface area contributed by atoms with E-state index in [4.69, 9.17) is 9.47 Å². The molecule has 0 aliphatic heterocycles. The SMILES string of the molecule is CC[C@@H]1[C@]2(C)C[C@@H](OC(=O)c3c(C)cc(OC)cc3O)[C@H]2C(C=O)=C[C@]1(O)CC. The molecule has 0 heterocycles. The monoisotopic (exact) mass is 402 g/mol. The second kappa shape index (κ2) is 7.48. The number of methoxy groups -OCH3 is 1. The quantitative estimate of drug-likeness (QED) is 0.558. The number of phenols is 1. The Labute approximate surface area is 171 Å². The molecule has 2 N–H and O–H groups in total. The number of hydrogen-bond acceptors (Lipinski definition) is 6. The van der Waals surface area contributed by atoms with Crippen molar-refractivity contribution in [2.24, 2.45) is 17.3 Å². The molecule has 3 rings (SSSR count). The summed E-state index contributed by atoms with van der Waals surface area (Å²) in [4.78, 5) is 24.6. The maximum absolute atomic E-state index is 12.8. The van der Waals surface area contributed by atoms with Crippen LogP contribution in [0.1, 0.15) is 56.0 Å². The third kappa shape index (κ3) is 3.23. The molecular formula is C23H30O6. The fourth-order valence-electron chi connectivity index (χ4n) is 5.65. The maximum atomic E-state index is 12.8. The number of carbonyl (C=O) groups excluding carboxylic acids is 2. The van der Waals surface area contributed by atoms with Crippen molar-refractivity contribution in [2.45, 2.75) is 58.7 Å². The van der Waals surface area contributed by atoms with Crippen molar-refractivity contribution in [1.82, 2.24) is 0 Å². The predicted octanol–water partition coefficient (Wildman–Crippen LogP) is 3.57. The van der Waals surface area contributed by atoms with Crippen LogP contribution in [-0.4, -0.2) is 41.3 Å². The van der Waals surface area contributed by atoms with Gasteiger partial charge in [0.2, 0.25) is 0 Å². The third-order valence-corrected chi connectivity index (χ3v) is 7.00. The van der Waals surface area contributed by atoms with E-state index in [1.54, 1.807) is 19.1 Å². The molecule has 158 valence electrons. The highest BCUT2D eigenvalue weighted by Gasteiger charge is 2.63. The van der Waals surface area contributed by atoms with E-state index in [0.29, 0.717) is 29.7 Å².